The van der Waals surface area contributed by atoms with Gasteiger partial charge in [0.25, 0.3) is 15.9 Å². The number of hydrogen-bond donors (Lipinski definition) is 2. The molecule has 9 nitrogen and oxygen atoms in total. The van der Waals surface area contributed by atoms with Crippen LogP contribution in [0.1, 0.15) is 28.2 Å². The Morgan fingerprint density at radius 3 is 2.91 bits per heavy atom. The summed E-state index contributed by atoms with van der Waals surface area (Å²) in [4.78, 5) is 12.0. The van der Waals surface area contributed by atoms with E-state index in [1.807, 2.05) is 4.72 Å². The minimum Gasteiger partial charge on any atom is -0.477 e. The second-order valence-electron chi connectivity index (χ2n) is 5.00. The van der Waals surface area contributed by atoms with Crippen LogP contribution in [0, 0.1) is 13.8 Å². The van der Waals surface area contributed by atoms with E-state index in [0.29, 0.717) is 24.4 Å². The largest absolute Gasteiger partial charge is 0.477 e. The predicted octanol–water partition coefficient (Wildman–Crippen LogP) is 0.124. The van der Waals surface area contributed by atoms with Gasteiger partial charge in [0.1, 0.15) is 0 Å². The number of aromatic amines is 1. The lowest BCUT2D eigenvalue weighted by Gasteiger charge is -2.16. The van der Waals surface area contributed by atoms with Gasteiger partial charge in [0.2, 0.25) is 5.88 Å². The van der Waals surface area contributed by atoms with Gasteiger partial charge in [-0.25, -0.2) is 17.8 Å². The number of nitrogens with one attached hydrogen (secondary N) is 2. The fourth-order valence-corrected chi connectivity index (χ4v) is 3.19. The lowest BCUT2D eigenvalue weighted by atomic mass is 10.2. The Balaban J connectivity index is 1.89. The summed E-state index contributed by atoms with van der Waals surface area (Å²) < 4.78 is 33.5. The van der Waals surface area contributed by atoms with Crippen molar-refractivity contribution in [2.24, 2.45) is 0 Å². The third-order valence-electron chi connectivity index (χ3n) is 3.50. The summed E-state index contributed by atoms with van der Waals surface area (Å²) in [6.07, 6.45) is 1.94. The second kappa shape index (κ2) is 5.13. The van der Waals surface area contributed by atoms with Gasteiger partial charge in [0, 0.05) is 24.2 Å². The first-order chi connectivity index (χ1) is 10.4. The van der Waals surface area contributed by atoms with Crippen LogP contribution in [0.25, 0.3) is 0 Å². The van der Waals surface area contributed by atoms with Gasteiger partial charge in [-0.3, -0.25) is 9.89 Å². The molecule has 2 N–H and O–H groups in total. The van der Waals surface area contributed by atoms with Gasteiger partial charge < -0.3 is 4.74 Å². The molecule has 0 unspecified atom stereocenters. The minimum atomic E-state index is -4.08. The van der Waals surface area contributed by atoms with Crippen molar-refractivity contribution in [1.29, 1.82) is 0 Å². The number of carbonyl (C=O) groups excluding carboxylic acids is 1. The number of fused-ring (bicyclic) bond motifs is 1. The average Bonchev–Trinajstić information content (AvgIpc) is 3.03. The molecule has 2 aromatic rings. The van der Waals surface area contributed by atoms with E-state index < -0.39 is 15.9 Å². The van der Waals surface area contributed by atoms with Crippen molar-refractivity contribution in [2.45, 2.75) is 31.7 Å². The van der Waals surface area contributed by atoms with Crippen molar-refractivity contribution in [2.75, 3.05) is 6.61 Å². The van der Waals surface area contributed by atoms with Gasteiger partial charge in [0.05, 0.1) is 12.8 Å². The zero-order valence-corrected chi connectivity index (χ0v) is 12.9. The van der Waals surface area contributed by atoms with Crippen LogP contribution < -0.4 is 9.46 Å². The zero-order chi connectivity index (χ0) is 15.9. The van der Waals surface area contributed by atoms with E-state index in [9.17, 15) is 13.2 Å². The van der Waals surface area contributed by atoms with E-state index in [-0.39, 0.29) is 16.5 Å². The highest BCUT2D eigenvalue weighted by Crippen LogP contribution is 2.26. The van der Waals surface area contributed by atoms with Crippen molar-refractivity contribution in [3.05, 3.63) is 23.1 Å². The highest BCUT2D eigenvalue weighted by atomic mass is 32.2. The number of ether oxygens (including phenoxy) is 1. The number of aromatic nitrogens is 4. The molecule has 118 valence electrons. The number of rotatable bonds is 3. The lowest BCUT2D eigenvalue weighted by molar-refractivity contribution is 0.0976. The summed E-state index contributed by atoms with van der Waals surface area (Å²) >= 11 is 0. The molecule has 0 saturated carbocycles. The normalized spacial score (nSPS) is 14.3. The number of amides is 1. The molecule has 0 aliphatic carbocycles. The highest BCUT2D eigenvalue weighted by molar-refractivity contribution is 7.90. The number of nitrogens with zero attached hydrogens (tertiary/aromatic N) is 3. The first kappa shape index (κ1) is 14.6. The molecule has 0 fully saturated rings. The Hall–Kier alpha value is -2.36. The van der Waals surface area contributed by atoms with Gasteiger partial charge in [-0.1, -0.05) is 0 Å². The quantitative estimate of drug-likeness (QED) is 0.827. The molecule has 0 saturated heterocycles. The molecule has 1 aliphatic rings. The number of aryl methyl sites for hydroxylation is 2. The maximum Gasteiger partial charge on any atom is 0.285 e. The van der Waals surface area contributed by atoms with Crippen molar-refractivity contribution >= 4 is 15.9 Å². The first-order valence-corrected chi connectivity index (χ1v) is 8.16. The Labute approximate surface area is 126 Å². The van der Waals surface area contributed by atoms with E-state index >= 15 is 0 Å². The van der Waals surface area contributed by atoms with Crippen LogP contribution in [-0.4, -0.2) is 40.9 Å². The Bertz CT molecular complexity index is 836. The molecule has 1 aliphatic heterocycles. The van der Waals surface area contributed by atoms with Crippen molar-refractivity contribution < 1.29 is 17.9 Å². The smallest absolute Gasteiger partial charge is 0.285 e. The molecule has 2 aromatic heterocycles. The van der Waals surface area contributed by atoms with Gasteiger partial charge in [-0.15, -0.1) is 0 Å². The van der Waals surface area contributed by atoms with Gasteiger partial charge in [-0.2, -0.15) is 10.2 Å². The highest BCUT2D eigenvalue weighted by Gasteiger charge is 2.29. The SMILES string of the molecule is Cc1[nH]nc(C(=O)NS(=O)(=O)c2cnn3c2OCCC3)c1C. The van der Waals surface area contributed by atoms with Crippen LogP contribution in [0.4, 0.5) is 0 Å². The van der Waals surface area contributed by atoms with E-state index in [2.05, 4.69) is 15.3 Å². The monoisotopic (exact) mass is 325 g/mol. The number of sulfonamides is 1. The second-order valence-corrected chi connectivity index (χ2v) is 6.65. The molecule has 0 aromatic carbocycles. The van der Waals surface area contributed by atoms with E-state index in [4.69, 9.17) is 4.74 Å². The summed E-state index contributed by atoms with van der Waals surface area (Å²) in [6.45, 7) is 4.43. The zero-order valence-electron chi connectivity index (χ0n) is 12.1. The average molecular weight is 325 g/mol. The molecular weight excluding hydrogens is 310 g/mol. The molecule has 0 spiro atoms. The Morgan fingerprint density at radius 1 is 1.45 bits per heavy atom. The maximum atomic E-state index is 12.4. The van der Waals surface area contributed by atoms with Crippen LogP contribution >= 0.6 is 0 Å². The Kier molecular flexibility index (Phi) is 3.39. The molecule has 3 heterocycles. The maximum absolute atomic E-state index is 12.4. The number of carbonyl (C=O) groups is 1. The van der Waals surface area contributed by atoms with Gasteiger partial charge in [-0.05, 0) is 13.8 Å². The fourth-order valence-electron chi connectivity index (χ4n) is 2.16. The molecule has 3 rings (SSSR count). The van der Waals surface area contributed by atoms with E-state index in [1.165, 1.54) is 10.9 Å². The standard InChI is InChI=1S/C12H15N5O4S/c1-7-8(2)14-15-10(7)11(18)16-22(19,20)9-6-13-17-4-3-5-21-12(9)17/h6H,3-5H2,1-2H3,(H,14,15)(H,16,18). The number of hydrogen-bond acceptors (Lipinski definition) is 6. The molecule has 10 heteroatoms. The molecular formula is C12H15N5O4S. The first-order valence-electron chi connectivity index (χ1n) is 6.67. The minimum absolute atomic E-state index is 0.0445. The fraction of sp³-hybridized carbons (Fsp3) is 0.417. The van der Waals surface area contributed by atoms with E-state index in [0.717, 1.165) is 6.42 Å². The van der Waals surface area contributed by atoms with E-state index in [1.54, 1.807) is 13.8 Å². The molecule has 0 radical (unpaired) electrons. The topological polar surface area (TPSA) is 119 Å². The van der Waals surface area contributed by atoms with Crippen LogP contribution in [-0.2, 0) is 16.6 Å². The summed E-state index contributed by atoms with van der Waals surface area (Å²) in [5, 5.41) is 10.4. The van der Waals surface area contributed by atoms with Crippen LogP contribution in [0.2, 0.25) is 0 Å². The predicted molar refractivity (Wildman–Crippen MR) is 75.1 cm³/mol. The van der Waals surface area contributed by atoms with Crippen molar-refractivity contribution in [1.82, 2.24) is 24.7 Å². The van der Waals surface area contributed by atoms with Crippen LogP contribution in [0.15, 0.2) is 11.1 Å². The summed E-state index contributed by atoms with van der Waals surface area (Å²) in [5.41, 5.74) is 1.35. The molecule has 0 atom stereocenters. The molecule has 0 bridgehead atoms. The summed E-state index contributed by atoms with van der Waals surface area (Å²) in [7, 11) is -4.08. The number of H-pyrrole nitrogens is 1. The third kappa shape index (κ3) is 2.34. The van der Waals surface area contributed by atoms with Crippen molar-refractivity contribution in [3.63, 3.8) is 0 Å². The van der Waals surface area contributed by atoms with Gasteiger partial charge in [0.15, 0.2) is 10.6 Å². The molecule has 1 amide bonds. The third-order valence-corrected chi connectivity index (χ3v) is 4.81. The molecule has 22 heavy (non-hydrogen) atoms. The summed E-state index contributed by atoms with van der Waals surface area (Å²) in [5.74, 6) is -0.640. The van der Waals surface area contributed by atoms with Gasteiger partial charge >= 0.3 is 0 Å². The van der Waals surface area contributed by atoms with Crippen LogP contribution in [0.5, 0.6) is 5.88 Å². The Morgan fingerprint density at radius 2 is 2.23 bits per heavy atom. The van der Waals surface area contributed by atoms with Crippen molar-refractivity contribution in [3.8, 4) is 5.88 Å². The summed E-state index contributed by atoms with van der Waals surface area (Å²) in [6, 6.07) is 0. The lowest BCUT2D eigenvalue weighted by Crippen LogP contribution is -2.31. The van der Waals surface area contributed by atoms with Crippen LogP contribution in [0.3, 0.4) is 0 Å².